The normalized spacial score (nSPS) is 13.9. The van der Waals surface area contributed by atoms with Gasteiger partial charge in [-0.1, -0.05) is 60.1 Å². The lowest BCUT2D eigenvalue weighted by Crippen LogP contribution is -2.27. The van der Waals surface area contributed by atoms with Crippen molar-refractivity contribution >= 4 is 17.9 Å². The Morgan fingerprint density at radius 1 is 1.06 bits per heavy atom. The number of rotatable bonds is 4. The van der Waals surface area contributed by atoms with Gasteiger partial charge in [-0.25, -0.2) is 0 Å². The Morgan fingerprint density at radius 2 is 1.67 bits per heavy atom. The second kappa shape index (κ2) is 5.36. The minimum absolute atomic E-state index is 0.584. The smallest absolute Gasteiger partial charge is 0.130 e. The summed E-state index contributed by atoms with van der Waals surface area (Å²) >= 11 is 6.19. The van der Waals surface area contributed by atoms with E-state index in [1.165, 1.54) is 0 Å². The quantitative estimate of drug-likeness (QED) is 0.757. The summed E-state index contributed by atoms with van der Waals surface area (Å²) in [7, 11) is 0. The SMILES string of the molecule is CC(C=O)(Cc1ccccc1)c1ccccc1Cl. The van der Waals surface area contributed by atoms with Gasteiger partial charge in [-0.05, 0) is 30.5 Å². The molecule has 2 aromatic rings. The molecule has 1 unspecified atom stereocenters. The molecular formula is C16H15ClO. The van der Waals surface area contributed by atoms with Gasteiger partial charge in [-0.15, -0.1) is 0 Å². The molecule has 92 valence electrons. The highest BCUT2D eigenvalue weighted by Crippen LogP contribution is 2.31. The maximum absolute atomic E-state index is 11.5. The predicted octanol–water partition coefficient (Wildman–Crippen LogP) is 4.04. The summed E-state index contributed by atoms with van der Waals surface area (Å²) in [5.74, 6) is 0. The first-order valence-corrected chi connectivity index (χ1v) is 6.29. The molecule has 0 N–H and O–H groups in total. The van der Waals surface area contributed by atoms with Crippen molar-refractivity contribution in [3.8, 4) is 0 Å². The number of carbonyl (C=O) groups is 1. The van der Waals surface area contributed by atoms with Crippen molar-refractivity contribution in [2.24, 2.45) is 0 Å². The van der Waals surface area contributed by atoms with E-state index < -0.39 is 5.41 Å². The lowest BCUT2D eigenvalue weighted by atomic mass is 9.78. The van der Waals surface area contributed by atoms with Crippen molar-refractivity contribution in [1.82, 2.24) is 0 Å². The fourth-order valence-corrected chi connectivity index (χ4v) is 2.50. The third-order valence-electron chi connectivity index (χ3n) is 3.16. The van der Waals surface area contributed by atoms with E-state index in [4.69, 9.17) is 11.6 Å². The number of benzene rings is 2. The Hall–Kier alpha value is -1.60. The Kier molecular flexibility index (Phi) is 3.83. The molecule has 0 aliphatic carbocycles. The minimum Gasteiger partial charge on any atom is -0.302 e. The van der Waals surface area contributed by atoms with Gasteiger partial charge in [-0.2, -0.15) is 0 Å². The molecule has 2 rings (SSSR count). The zero-order valence-corrected chi connectivity index (χ0v) is 11.0. The molecule has 0 aromatic heterocycles. The summed E-state index contributed by atoms with van der Waals surface area (Å²) in [5, 5.41) is 0.642. The first kappa shape index (κ1) is 12.8. The van der Waals surface area contributed by atoms with Crippen molar-refractivity contribution < 1.29 is 4.79 Å². The van der Waals surface area contributed by atoms with Crippen LogP contribution in [0.2, 0.25) is 5.02 Å². The third kappa shape index (κ3) is 2.62. The Morgan fingerprint density at radius 3 is 2.28 bits per heavy atom. The zero-order chi connectivity index (χ0) is 13.0. The summed E-state index contributed by atoms with van der Waals surface area (Å²) in [6.45, 7) is 1.92. The maximum Gasteiger partial charge on any atom is 0.130 e. The van der Waals surface area contributed by atoms with E-state index in [0.717, 1.165) is 17.4 Å². The highest BCUT2D eigenvalue weighted by Gasteiger charge is 2.28. The molecule has 18 heavy (non-hydrogen) atoms. The van der Waals surface area contributed by atoms with E-state index in [1.807, 2.05) is 61.5 Å². The van der Waals surface area contributed by atoms with Crippen molar-refractivity contribution in [3.05, 3.63) is 70.7 Å². The molecule has 0 amide bonds. The van der Waals surface area contributed by atoms with Crippen molar-refractivity contribution in [1.29, 1.82) is 0 Å². The first-order chi connectivity index (χ1) is 8.65. The van der Waals surface area contributed by atoms with Crippen LogP contribution in [0, 0.1) is 0 Å². The Bertz CT molecular complexity index is 536. The highest BCUT2D eigenvalue weighted by atomic mass is 35.5. The van der Waals surface area contributed by atoms with Gasteiger partial charge >= 0.3 is 0 Å². The number of halogens is 1. The second-order valence-corrected chi connectivity index (χ2v) is 5.08. The molecule has 0 bridgehead atoms. The van der Waals surface area contributed by atoms with Gasteiger partial charge in [0, 0.05) is 5.02 Å². The fraction of sp³-hybridized carbons (Fsp3) is 0.188. The standard InChI is InChI=1S/C16H15ClO/c1-16(12-18,11-13-7-3-2-4-8-13)14-9-5-6-10-15(14)17/h2-10,12H,11H2,1H3. The van der Waals surface area contributed by atoms with Crippen LogP contribution in [0.1, 0.15) is 18.1 Å². The molecule has 0 fully saturated rings. The molecule has 0 aliphatic rings. The monoisotopic (exact) mass is 258 g/mol. The maximum atomic E-state index is 11.5. The Balaban J connectivity index is 2.37. The summed E-state index contributed by atoms with van der Waals surface area (Å²) in [4.78, 5) is 11.5. The Labute approximate surface area is 112 Å². The van der Waals surface area contributed by atoms with Crippen LogP contribution in [0.3, 0.4) is 0 Å². The van der Waals surface area contributed by atoms with Gasteiger partial charge < -0.3 is 4.79 Å². The van der Waals surface area contributed by atoms with E-state index in [0.29, 0.717) is 11.4 Å². The van der Waals surface area contributed by atoms with Gasteiger partial charge in [0.25, 0.3) is 0 Å². The molecule has 0 spiro atoms. The second-order valence-electron chi connectivity index (χ2n) is 4.68. The fourth-order valence-electron chi connectivity index (χ4n) is 2.14. The average Bonchev–Trinajstić information content (AvgIpc) is 2.40. The minimum atomic E-state index is -0.584. The molecule has 0 saturated heterocycles. The molecule has 0 aliphatic heterocycles. The molecule has 0 heterocycles. The molecule has 0 saturated carbocycles. The number of hydrogen-bond donors (Lipinski definition) is 0. The number of hydrogen-bond acceptors (Lipinski definition) is 1. The number of carbonyl (C=O) groups excluding carboxylic acids is 1. The van der Waals surface area contributed by atoms with E-state index in [-0.39, 0.29) is 0 Å². The van der Waals surface area contributed by atoms with Crippen LogP contribution in [0.4, 0.5) is 0 Å². The number of aldehydes is 1. The van der Waals surface area contributed by atoms with Gasteiger partial charge in [-0.3, -0.25) is 0 Å². The molecule has 2 aromatic carbocycles. The summed E-state index contributed by atoms with van der Waals surface area (Å²) in [5.41, 5.74) is 1.43. The molecule has 0 radical (unpaired) electrons. The van der Waals surface area contributed by atoms with Crippen molar-refractivity contribution in [2.75, 3.05) is 0 Å². The van der Waals surface area contributed by atoms with Crippen LogP contribution in [0.25, 0.3) is 0 Å². The van der Waals surface area contributed by atoms with E-state index in [9.17, 15) is 4.79 Å². The summed E-state index contributed by atoms with van der Waals surface area (Å²) < 4.78 is 0. The van der Waals surface area contributed by atoms with Crippen LogP contribution >= 0.6 is 11.6 Å². The van der Waals surface area contributed by atoms with Gasteiger partial charge in [0.05, 0.1) is 5.41 Å². The average molecular weight is 259 g/mol. The van der Waals surface area contributed by atoms with Crippen LogP contribution in [-0.2, 0) is 16.6 Å². The van der Waals surface area contributed by atoms with E-state index >= 15 is 0 Å². The van der Waals surface area contributed by atoms with Crippen LogP contribution in [-0.4, -0.2) is 6.29 Å². The van der Waals surface area contributed by atoms with Crippen LogP contribution in [0.15, 0.2) is 54.6 Å². The predicted molar refractivity (Wildman–Crippen MR) is 75.0 cm³/mol. The lowest BCUT2D eigenvalue weighted by Gasteiger charge is -2.24. The topological polar surface area (TPSA) is 17.1 Å². The highest BCUT2D eigenvalue weighted by molar-refractivity contribution is 6.31. The molecule has 2 heteroatoms. The van der Waals surface area contributed by atoms with E-state index in [2.05, 4.69) is 0 Å². The first-order valence-electron chi connectivity index (χ1n) is 5.91. The molecule has 1 nitrogen and oxygen atoms in total. The summed E-state index contributed by atoms with van der Waals surface area (Å²) in [6, 6.07) is 17.5. The van der Waals surface area contributed by atoms with Gasteiger partial charge in [0.15, 0.2) is 0 Å². The lowest BCUT2D eigenvalue weighted by molar-refractivity contribution is -0.112. The summed E-state index contributed by atoms with van der Waals surface area (Å²) in [6.07, 6.45) is 1.64. The van der Waals surface area contributed by atoms with Crippen LogP contribution in [0.5, 0.6) is 0 Å². The van der Waals surface area contributed by atoms with Gasteiger partial charge in [0.1, 0.15) is 6.29 Å². The molecular weight excluding hydrogens is 244 g/mol. The van der Waals surface area contributed by atoms with Crippen molar-refractivity contribution in [2.45, 2.75) is 18.8 Å². The van der Waals surface area contributed by atoms with Gasteiger partial charge in [0.2, 0.25) is 0 Å². The van der Waals surface area contributed by atoms with Crippen LogP contribution < -0.4 is 0 Å². The van der Waals surface area contributed by atoms with E-state index in [1.54, 1.807) is 0 Å². The molecule has 1 atom stereocenters. The largest absolute Gasteiger partial charge is 0.302 e. The third-order valence-corrected chi connectivity index (χ3v) is 3.49. The van der Waals surface area contributed by atoms with Crippen molar-refractivity contribution in [3.63, 3.8) is 0 Å². The zero-order valence-electron chi connectivity index (χ0n) is 10.3.